The molecular formula is C18H23FIN3O. The van der Waals surface area contributed by atoms with Gasteiger partial charge in [-0.25, -0.2) is 4.39 Å². The highest BCUT2D eigenvalue weighted by molar-refractivity contribution is 14.0. The maximum Gasteiger partial charge on any atom is 0.193 e. The van der Waals surface area contributed by atoms with Crippen LogP contribution in [0.15, 0.2) is 47.5 Å². The SMILES string of the molecule is Cc1ccc(NC(N)=NCCCOc2ccc(F)cc2)cc1C.I. The van der Waals surface area contributed by atoms with Crippen molar-refractivity contribution in [3.63, 3.8) is 0 Å². The van der Waals surface area contributed by atoms with Gasteiger partial charge in [0, 0.05) is 18.7 Å². The molecule has 0 spiro atoms. The zero-order valence-electron chi connectivity index (χ0n) is 13.9. The fourth-order valence-electron chi connectivity index (χ4n) is 1.99. The van der Waals surface area contributed by atoms with Gasteiger partial charge in [0.1, 0.15) is 11.6 Å². The molecular weight excluding hydrogens is 420 g/mol. The van der Waals surface area contributed by atoms with E-state index < -0.39 is 0 Å². The molecule has 0 saturated carbocycles. The van der Waals surface area contributed by atoms with E-state index in [0.29, 0.717) is 24.9 Å². The lowest BCUT2D eigenvalue weighted by Crippen LogP contribution is -2.23. The third-order valence-corrected chi connectivity index (χ3v) is 3.45. The van der Waals surface area contributed by atoms with Crippen LogP contribution < -0.4 is 15.8 Å². The summed E-state index contributed by atoms with van der Waals surface area (Å²) >= 11 is 0. The van der Waals surface area contributed by atoms with Crippen LogP contribution in [0.2, 0.25) is 0 Å². The van der Waals surface area contributed by atoms with E-state index in [1.165, 1.54) is 23.3 Å². The number of anilines is 1. The quantitative estimate of drug-likeness (QED) is 0.304. The smallest absolute Gasteiger partial charge is 0.193 e. The molecule has 0 aliphatic rings. The van der Waals surface area contributed by atoms with Crippen LogP contribution in [0.25, 0.3) is 0 Å². The molecule has 0 amide bonds. The molecule has 0 radical (unpaired) electrons. The average molecular weight is 443 g/mol. The molecule has 0 bridgehead atoms. The first-order chi connectivity index (χ1) is 11.0. The predicted molar refractivity (Wildman–Crippen MR) is 108 cm³/mol. The normalized spacial score (nSPS) is 10.9. The molecule has 0 saturated heterocycles. The molecule has 0 aromatic heterocycles. The topological polar surface area (TPSA) is 59.6 Å². The van der Waals surface area contributed by atoms with Crippen LogP contribution in [0.4, 0.5) is 10.1 Å². The standard InChI is InChI=1S/C18H22FN3O.HI/c1-13-4-7-16(12-14(13)2)22-18(20)21-10-3-11-23-17-8-5-15(19)6-9-17;/h4-9,12H,3,10-11H2,1-2H3,(H3,20,21,22);1H. The molecule has 3 N–H and O–H groups in total. The zero-order chi connectivity index (χ0) is 16.7. The van der Waals surface area contributed by atoms with E-state index >= 15 is 0 Å². The van der Waals surface area contributed by atoms with E-state index in [2.05, 4.69) is 24.2 Å². The summed E-state index contributed by atoms with van der Waals surface area (Å²) in [6.07, 6.45) is 0.729. The van der Waals surface area contributed by atoms with Gasteiger partial charge >= 0.3 is 0 Å². The Bertz CT molecular complexity index is 674. The number of hydrogen-bond acceptors (Lipinski definition) is 2. The molecule has 6 heteroatoms. The number of rotatable bonds is 6. The van der Waals surface area contributed by atoms with Crippen molar-refractivity contribution in [2.75, 3.05) is 18.5 Å². The van der Waals surface area contributed by atoms with E-state index in [9.17, 15) is 4.39 Å². The molecule has 2 rings (SSSR count). The summed E-state index contributed by atoms with van der Waals surface area (Å²) in [7, 11) is 0. The summed E-state index contributed by atoms with van der Waals surface area (Å²) in [6.45, 7) is 5.19. The van der Waals surface area contributed by atoms with Crippen LogP contribution >= 0.6 is 24.0 Å². The molecule has 0 atom stereocenters. The Morgan fingerprint density at radius 1 is 1.12 bits per heavy atom. The second-order valence-electron chi connectivity index (χ2n) is 5.35. The lowest BCUT2D eigenvalue weighted by Gasteiger charge is -2.08. The maximum absolute atomic E-state index is 12.8. The van der Waals surface area contributed by atoms with Gasteiger partial charge in [-0.15, -0.1) is 24.0 Å². The first-order valence-corrected chi connectivity index (χ1v) is 7.57. The fourth-order valence-corrected chi connectivity index (χ4v) is 1.99. The van der Waals surface area contributed by atoms with Crippen LogP contribution in [-0.2, 0) is 0 Å². The number of aliphatic imine (C=N–C) groups is 1. The van der Waals surface area contributed by atoms with Crippen LogP contribution in [0.3, 0.4) is 0 Å². The van der Waals surface area contributed by atoms with Crippen LogP contribution in [0.1, 0.15) is 17.5 Å². The fraction of sp³-hybridized carbons (Fsp3) is 0.278. The van der Waals surface area contributed by atoms with Crippen LogP contribution in [-0.4, -0.2) is 19.1 Å². The van der Waals surface area contributed by atoms with Gasteiger partial charge in [0.05, 0.1) is 6.61 Å². The van der Waals surface area contributed by atoms with Crippen molar-refractivity contribution in [3.8, 4) is 5.75 Å². The Morgan fingerprint density at radius 2 is 1.83 bits per heavy atom. The lowest BCUT2D eigenvalue weighted by atomic mass is 10.1. The number of ether oxygens (including phenoxy) is 1. The highest BCUT2D eigenvalue weighted by Crippen LogP contribution is 2.14. The Labute approximate surface area is 159 Å². The van der Waals surface area contributed by atoms with Gasteiger partial charge in [-0.2, -0.15) is 0 Å². The minimum absolute atomic E-state index is 0. The van der Waals surface area contributed by atoms with E-state index in [0.717, 1.165) is 12.1 Å². The lowest BCUT2D eigenvalue weighted by molar-refractivity contribution is 0.313. The van der Waals surface area contributed by atoms with Gasteiger partial charge in [-0.05, 0) is 61.4 Å². The average Bonchev–Trinajstić information content (AvgIpc) is 2.52. The molecule has 0 unspecified atom stereocenters. The molecule has 2 aromatic carbocycles. The summed E-state index contributed by atoms with van der Waals surface area (Å²) in [4.78, 5) is 4.26. The Hall–Kier alpha value is -1.83. The number of nitrogens with one attached hydrogen (secondary N) is 1. The Balaban J connectivity index is 0.00000288. The largest absolute Gasteiger partial charge is 0.494 e. The summed E-state index contributed by atoms with van der Waals surface area (Å²) in [5.41, 5.74) is 9.23. The molecule has 4 nitrogen and oxygen atoms in total. The highest BCUT2D eigenvalue weighted by atomic mass is 127. The molecule has 0 aliphatic carbocycles. The number of guanidine groups is 1. The summed E-state index contributed by atoms with van der Waals surface area (Å²) in [5, 5.41) is 3.07. The van der Waals surface area contributed by atoms with E-state index in [1.807, 2.05) is 18.2 Å². The molecule has 130 valence electrons. The summed E-state index contributed by atoms with van der Waals surface area (Å²) in [5.74, 6) is 0.763. The van der Waals surface area contributed by atoms with E-state index in [1.54, 1.807) is 12.1 Å². The molecule has 2 aromatic rings. The van der Waals surface area contributed by atoms with Crippen molar-refractivity contribution < 1.29 is 9.13 Å². The van der Waals surface area contributed by atoms with E-state index in [4.69, 9.17) is 10.5 Å². The van der Waals surface area contributed by atoms with Gasteiger partial charge in [-0.3, -0.25) is 4.99 Å². The second kappa shape index (κ2) is 10.1. The molecule has 0 aliphatic heterocycles. The number of nitrogens with two attached hydrogens (primary N) is 1. The predicted octanol–water partition coefficient (Wildman–Crippen LogP) is 4.26. The van der Waals surface area contributed by atoms with Gasteiger partial charge < -0.3 is 15.8 Å². The van der Waals surface area contributed by atoms with Gasteiger partial charge in [0.2, 0.25) is 0 Å². The van der Waals surface area contributed by atoms with Crippen molar-refractivity contribution in [2.24, 2.45) is 10.7 Å². The van der Waals surface area contributed by atoms with Crippen LogP contribution in [0, 0.1) is 19.7 Å². The van der Waals surface area contributed by atoms with E-state index in [-0.39, 0.29) is 29.8 Å². The third-order valence-electron chi connectivity index (χ3n) is 3.45. The van der Waals surface area contributed by atoms with Gasteiger partial charge in [-0.1, -0.05) is 6.07 Å². The summed E-state index contributed by atoms with van der Waals surface area (Å²) < 4.78 is 18.2. The zero-order valence-corrected chi connectivity index (χ0v) is 16.2. The van der Waals surface area contributed by atoms with Crippen molar-refractivity contribution >= 4 is 35.6 Å². The number of nitrogens with zero attached hydrogens (tertiary/aromatic N) is 1. The number of hydrogen-bond donors (Lipinski definition) is 2. The highest BCUT2D eigenvalue weighted by Gasteiger charge is 1.98. The minimum atomic E-state index is -0.271. The number of aryl methyl sites for hydroxylation is 2. The third kappa shape index (κ3) is 6.74. The van der Waals surface area contributed by atoms with Crippen molar-refractivity contribution in [1.82, 2.24) is 0 Å². The molecule has 24 heavy (non-hydrogen) atoms. The van der Waals surface area contributed by atoms with Gasteiger partial charge in [0.25, 0.3) is 0 Å². The monoisotopic (exact) mass is 443 g/mol. The van der Waals surface area contributed by atoms with Crippen LogP contribution in [0.5, 0.6) is 5.75 Å². The number of benzene rings is 2. The second-order valence-corrected chi connectivity index (χ2v) is 5.35. The summed E-state index contributed by atoms with van der Waals surface area (Å²) in [6, 6.07) is 12.0. The maximum atomic E-state index is 12.8. The van der Waals surface area contributed by atoms with Crippen molar-refractivity contribution in [3.05, 3.63) is 59.4 Å². The van der Waals surface area contributed by atoms with Crippen molar-refractivity contribution in [2.45, 2.75) is 20.3 Å². The van der Waals surface area contributed by atoms with Crippen molar-refractivity contribution in [1.29, 1.82) is 0 Å². The Kier molecular flexibility index (Phi) is 8.53. The minimum Gasteiger partial charge on any atom is -0.494 e. The molecule has 0 heterocycles. The molecule has 0 fully saturated rings. The number of halogens is 2. The van der Waals surface area contributed by atoms with Gasteiger partial charge in [0.15, 0.2) is 5.96 Å². The first kappa shape index (κ1) is 20.2. The Morgan fingerprint density at radius 3 is 2.50 bits per heavy atom. The first-order valence-electron chi connectivity index (χ1n) is 7.57.